The summed E-state index contributed by atoms with van der Waals surface area (Å²) in [5, 5.41) is 6.64. The lowest BCUT2D eigenvalue weighted by molar-refractivity contribution is 1.21. The monoisotopic (exact) mass is 240 g/mol. The summed E-state index contributed by atoms with van der Waals surface area (Å²) >= 11 is 0. The summed E-state index contributed by atoms with van der Waals surface area (Å²) in [6, 6.07) is 17.1. The van der Waals surface area contributed by atoms with Crippen LogP contribution in [0.3, 0.4) is 0 Å². The molecule has 2 aromatic carbocycles. The van der Waals surface area contributed by atoms with Gasteiger partial charge in [0.2, 0.25) is 0 Å². The molecule has 94 valence electrons. The molecule has 2 heteroatoms. The summed E-state index contributed by atoms with van der Waals surface area (Å²) in [6.45, 7) is 6.11. The highest BCUT2D eigenvalue weighted by atomic mass is 14.9. The van der Waals surface area contributed by atoms with Gasteiger partial charge in [0, 0.05) is 24.5 Å². The maximum atomic E-state index is 3.34. The van der Waals surface area contributed by atoms with Crippen LogP contribution in [-0.4, -0.2) is 13.1 Å². The lowest BCUT2D eigenvalue weighted by Crippen LogP contribution is -1.96. The first-order valence-electron chi connectivity index (χ1n) is 6.51. The van der Waals surface area contributed by atoms with Crippen LogP contribution in [0.5, 0.6) is 0 Å². The molecule has 0 amide bonds. The highest BCUT2D eigenvalue weighted by Gasteiger charge is 1.99. The maximum Gasteiger partial charge on any atom is 0.0346 e. The van der Waals surface area contributed by atoms with E-state index in [2.05, 4.69) is 73.0 Å². The summed E-state index contributed by atoms with van der Waals surface area (Å²) in [4.78, 5) is 0. The van der Waals surface area contributed by atoms with Gasteiger partial charge in [-0.1, -0.05) is 24.3 Å². The fraction of sp³-hybridized carbons (Fsp3) is 0.250. The molecule has 2 rings (SSSR count). The molecular formula is C16H20N2. The van der Waals surface area contributed by atoms with E-state index in [1.54, 1.807) is 0 Å². The Hall–Kier alpha value is -1.96. The van der Waals surface area contributed by atoms with Crippen molar-refractivity contribution in [2.24, 2.45) is 0 Å². The number of rotatable bonds is 5. The summed E-state index contributed by atoms with van der Waals surface area (Å²) < 4.78 is 0. The van der Waals surface area contributed by atoms with Gasteiger partial charge in [0.15, 0.2) is 0 Å². The molecule has 0 aliphatic carbocycles. The van der Waals surface area contributed by atoms with Crippen molar-refractivity contribution in [3.63, 3.8) is 0 Å². The lowest BCUT2D eigenvalue weighted by atomic mass is 10.0. The highest BCUT2D eigenvalue weighted by Crippen LogP contribution is 2.24. The van der Waals surface area contributed by atoms with E-state index in [1.165, 1.54) is 22.5 Å². The SMILES string of the molecule is CCNc1ccc(-c2cccc(NCC)c2)cc1. The van der Waals surface area contributed by atoms with Crippen LogP contribution < -0.4 is 10.6 Å². The molecule has 0 saturated heterocycles. The quantitative estimate of drug-likeness (QED) is 0.817. The molecule has 0 unspecified atom stereocenters. The van der Waals surface area contributed by atoms with E-state index < -0.39 is 0 Å². The smallest absolute Gasteiger partial charge is 0.0346 e. The van der Waals surface area contributed by atoms with Gasteiger partial charge in [-0.05, 0) is 49.2 Å². The molecule has 0 aliphatic rings. The minimum Gasteiger partial charge on any atom is -0.385 e. The van der Waals surface area contributed by atoms with Crippen LogP contribution in [0.2, 0.25) is 0 Å². The van der Waals surface area contributed by atoms with Crippen molar-refractivity contribution in [1.82, 2.24) is 0 Å². The number of anilines is 2. The molecule has 2 nitrogen and oxygen atoms in total. The molecule has 0 aliphatic heterocycles. The van der Waals surface area contributed by atoms with Crippen molar-refractivity contribution in [2.75, 3.05) is 23.7 Å². The van der Waals surface area contributed by atoms with Crippen LogP contribution in [0, 0.1) is 0 Å². The van der Waals surface area contributed by atoms with E-state index in [4.69, 9.17) is 0 Å². The fourth-order valence-corrected chi connectivity index (χ4v) is 2.00. The van der Waals surface area contributed by atoms with Crippen molar-refractivity contribution in [3.05, 3.63) is 48.5 Å². The van der Waals surface area contributed by atoms with E-state index in [1.807, 2.05) is 0 Å². The lowest BCUT2D eigenvalue weighted by Gasteiger charge is -2.08. The summed E-state index contributed by atoms with van der Waals surface area (Å²) in [5.41, 5.74) is 4.84. The maximum absolute atomic E-state index is 3.34. The van der Waals surface area contributed by atoms with Gasteiger partial charge >= 0.3 is 0 Å². The minimum atomic E-state index is 0.947. The number of nitrogens with one attached hydrogen (secondary N) is 2. The fourth-order valence-electron chi connectivity index (χ4n) is 2.00. The van der Waals surface area contributed by atoms with Crippen molar-refractivity contribution >= 4 is 11.4 Å². The molecule has 18 heavy (non-hydrogen) atoms. The molecule has 0 atom stereocenters. The van der Waals surface area contributed by atoms with Gasteiger partial charge in [0.25, 0.3) is 0 Å². The van der Waals surface area contributed by atoms with E-state index >= 15 is 0 Å². The van der Waals surface area contributed by atoms with Crippen LogP contribution in [0.4, 0.5) is 11.4 Å². The molecule has 0 aromatic heterocycles. The van der Waals surface area contributed by atoms with Gasteiger partial charge in [-0.3, -0.25) is 0 Å². The zero-order valence-corrected chi connectivity index (χ0v) is 11.0. The Kier molecular flexibility index (Phi) is 4.24. The molecular weight excluding hydrogens is 220 g/mol. The third-order valence-electron chi connectivity index (χ3n) is 2.84. The van der Waals surface area contributed by atoms with Gasteiger partial charge in [0.1, 0.15) is 0 Å². The standard InChI is InChI=1S/C16H20N2/c1-3-17-15-10-8-13(9-11-15)14-6-5-7-16(12-14)18-4-2/h5-12,17-18H,3-4H2,1-2H3. The van der Waals surface area contributed by atoms with Crippen molar-refractivity contribution in [1.29, 1.82) is 0 Å². The Labute approximate surface area is 109 Å². The Balaban J connectivity index is 2.22. The Morgan fingerprint density at radius 2 is 1.39 bits per heavy atom. The predicted octanol–water partition coefficient (Wildman–Crippen LogP) is 4.22. The molecule has 0 spiro atoms. The van der Waals surface area contributed by atoms with Crippen molar-refractivity contribution < 1.29 is 0 Å². The zero-order chi connectivity index (χ0) is 12.8. The first-order chi connectivity index (χ1) is 8.83. The van der Waals surface area contributed by atoms with Crippen LogP contribution in [0.25, 0.3) is 11.1 Å². The van der Waals surface area contributed by atoms with Gasteiger partial charge in [-0.2, -0.15) is 0 Å². The molecule has 2 N–H and O–H groups in total. The van der Waals surface area contributed by atoms with Crippen LogP contribution >= 0.6 is 0 Å². The van der Waals surface area contributed by atoms with Crippen LogP contribution in [-0.2, 0) is 0 Å². The molecule has 0 heterocycles. The van der Waals surface area contributed by atoms with Gasteiger partial charge < -0.3 is 10.6 Å². The van der Waals surface area contributed by atoms with Gasteiger partial charge in [-0.15, -0.1) is 0 Å². The summed E-state index contributed by atoms with van der Waals surface area (Å²) in [5.74, 6) is 0. The average Bonchev–Trinajstić information content (AvgIpc) is 2.41. The normalized spacial score (nSPS) is 10.1. The van der Waals surface area contributed by atoms with E-state index in [0.717, 1.165) is 13.1 Å². The number of benzene rings is 2. The number of hydrogen-bond donors (Lipinski definition) is 2. The third-order valence-corrected chi connectivity index (χ3v) is 2.84. The first kappa shape index (κ1) is 12.5. The molecule has 2 aromatic rings. The van der Waals surface area contributed by atoms with Crippen LogP contribution in [0.15, 0.2) is 48.5 Å². The Bertz CT molecular complexity index is 489. The van der Waals surface area contributed by atoms with Crippen molar-refractivity contribution in [2.45, 2.75) is 13.8 Å². The largest absolute Gasteiger partial charge is 0.385 e. The van der Waals surface area contributed by atoms with E-state index in [9.17, 15) is 0 Å². The first-order valence-corrected chi connectivity index (χ1v) is 6.51. The zero-order valence-electron chi connectivity index (χ0n) is 11.0. The van der Waals surface area contributed by atoms with E-state index in [-0.39, 0.29) is 0 Å². The molecule has 0 saturated carbocycles. The molecule has 0 radical (unpaired) electrons. The average molecular weight is 240 g/mol. The predicted molar refractivity (Wildman–Crippen MR) is 80.2 cm³/mol. The molecule has 0 bridgehead atoms. The second kappa shape index (κ2) is 6.10. The van der Waals surface area contributed by atoms with Gasteiger partial charge in [0.05, 0.1) is 0 Å². The van der Waals surface area contributed by atoms with E-state index in [0.29, 0.717) is 0 Å². The topological polar surface area (TPSA) is 24.1 Å². The number of hydrogen-bond acceptors (Lipinski definition) is 2. The molecule has 0 fully saturated rings. The summed E-state index contributed by atoms with van der Waals surface area (Å²) in [7, 11) is 0. The highest BCUT2D eigenvalue weighted by molar-refractivity contribution is 5.69. The summed E-state index contributed by atoms with van der Waals surface area (Å²) in [6.07, 6.45) is 0. The minimum absolute atomic E-state index is 0.947. The third kappa shape index (κ3) is 3.04. The van der Waals surface area contributed by atoms with Crippen LogP contribution in [0.1, 0.15) is 13.8 Å². The second-order valence-electron chi connectivity index (χ2n) is 4.22. The second-order valence-corrected chi connectivity index (χ2v) is 4.22. The van der Waals surface area contributed by atoms with Gasteiger partial charge in [-0.25, -0.2) is 0 Å². The Morgan fingerprint density at radius 1 is 0.722 bits per heavy atom. The van der Waals surface area contributed by atoms with Crippen molar-refractivity contribution in [3.8, 4) is 11.1 Å². The Morgan fingerprint density at radius 3 is 2.06 bits per heavy atom.